The van der Waals surface area contributed by atoms with Crippen LogP contribution in [0, 0.1) is 11.8 Å². The van der Waals surface area contributed by atoms with E-state index in [2.05, 4.69) is 10.9 Å². The summed E-state index contributed by atoms with van der Waals surface area (Å²) < 4.78 is 5.60. The molecule has 1 aromatic rings. The van der Waals surface area contributed by atoms with E-state index in [1.165, 1.54) is 6.42 Å². The summed E-state index contributed by atoms with van der Waals surface area (Å²) in [6.45, 7) is 0.305. The fraction of sp³-hybridized carbons (Fsp3) is 0.529. The van der Waals surface area contributed by atoms with E-state index in [1.807, 2.05) is 12.1 Å². The molecule has 0 spiro atoms. The molecule has 124 valence electrons. The van der Waals surface area contributed by atoms with Crippen molar-refractivity contribution in [3.05, 3.63) is 28.8 Å². The molecule has 0 saturated heterocycles. The fourth-order valence-corrected chi connectivity index (χ4v) is 3.42. The van der Waals surface area contributed by atoms with E-state index in [4.69, 9.17) is 16.3 Å². The second-order valence-electron chi connectivity index (χ2n) is 6.28. The number of hydrogen-bond donors (Lipinski definition) is 2. The highest BCUT2D eigenvalue weighted by Gasteiger charge is 2.27. The van der Waals surface area contributed by atoms with E-state index in [-0.39, 0.29) is 23.7 Å². The smallest absolute Gasteiger partial charge is 0.245 e. The zero-order valence-electron chi connectivity index (χ0n) is 12.9. The van der Waals surface area contributed by atoms with Crippen molar-refractivity contribution in [2.24, 2.45) is 11.8 Å². The summed E-state index contributed by atoms with van der Waals surface area (Å²) in [6, 6.07) is 5.40. The molecule has 1 aliphatic heterocycles. The summed E-state index contributed by atoms with van der Waals surface area (Å²) in [5, 5.41) is 0.624. The quantitative estimate of drug-likeness (QED) is 0.816. The van der Waals surface area contributed by atoms with Gasteiger partial charge in [-0.2, -0.15) is 0 Å². The number of fused-ring (bicyclic) bond motifs is 1. The van der Waals surface area contributed by atoms with Gasteiger partial charge in [-0.1, -0.05) is 30.9 Å². The van der Waals surface area contributed by atoms with E-state index in [1.54, 1.807) is 6.07 Å². The molecule has 2 amide bonds. The van der Waals surface area contributed by atoms with E-state index < -0.39 is 0 Å². The van der Waals surface area contributed by atoms with E-state index >= 15 is 0 Å². The number of hydrogen-bond acceptors (Lipinski definition) is 3. The second-order valence-corrected chi connectivity index (χ2v) is 6.71. The summed E-state index contributed by atoms with van der Waals surface area (Å²) >= 11 is 5.98. The average Bonchev–Trinajstić information content (AvgIpc) is 2.59. The van der Waals surface area contributed by atoms with Crippen LogP contribution >= 0.6 is 11.6 Å². The molecule has 1 fully saturated rings. The number of ether oxygens (including phenoxy) is 1. The Balaban J connectivity index is 1.52. The topological polar surface area (TPSA) is 67.4 Å². The predicted octanol–water partition coefficient (Wildman–Crippen LogP) is 2.62. The van der Waals surface area contributed by atoms with Crippen LogP contribution in [0.2, 0.25) is 5.02 Å². The third kappa shape index (κ3) is 3.96. The molecule has 1 aliphatic carbocycles. The van der Waals surface area contributed by atoms with Crippen molar-refractivity contribution < 1.29 is 14.3 Å². The van der Waals surface area contributed by atoms with Crippen molar-refractivity contribution in [1.29, 1.82) is 0 Å². The van der Waals surface area contributed by atoms with Gasteiger partial charge in [0.2, 0.25) is 11.8 Å². The van der Waals surface area contributed by atoms with Crippen LogP contribution in [0.4, 0.5) is 0 Å². The van der Waals surface area contributed by atoms with Gasteiger partial charge in [-0.15, -0.1) is 0 Å². The average molecular weight is 337 g/mol. The first kappa shape index (κ1) is 16.1. The highest BCUT2D eigenvalue weighted by atomic mass is 35.5. The maximum absolute atomic E-state index is 12.2. The molecular formula is C17H21ClN2O3. The lowest BCUT2D eigenvalue weighted by molar-refractivity contribution is -0.134. The Morgan fingerprint density at radius 1 is 1.04 bits per heavy atom. The Labute approximate surface area is 140 Å². The summed E-state index contributed by atoms with van der Waals surface area (Å²) in [6.07, 6.45) is 5.72. The first-order chi connectivity index (χ1) is 11.1. The number of carbonyl (C=O) groups is 2. The fourth-order valence-electron chi connectivity index (χ4n) is 3.22. The summed E-state index contributed by atoms with van der Waals surface area (Å²) in [5.41, 5.74) is 6.03. The molecule has 5 nitrogen and oxygen atoms in total. The van der Waals surface area contributed by atoms with Crippen LogP contribution in [0.3, 0.4) is 0 Å². The molecular weight excluding hydrogens is 316 g/mol. The lowest BCUT2D eigenvalue weighted by atomic mass is 9.89. The molecule has 1 aromatic carbocycles. The molecule has 0 aromatic heterocycles. The van der Waals surface area contributed by atoms with Crippen molar-refractivity contribution in [3.63, 3.8) is 0 Å². The third-order valence-corrected chi connectivity index (χ3v) is 4.82. The van der Waals surface area contributed by atoms with Crippen molar-refractivity contribution in [2.45, 2.75) is 38.5 Å². The van der Waals surface area contributed by atoms with Crippen LogP contribution in [0.25, 0.3) is 0 Å². The van der Waals surface area contributed by atoms with Gasteiger partial charge < -0.3 is 4.74 Å². The summed E-state index contributed by atoms with van der Waals surface area (Å²) in [5.74, 6) is 0.154. The Kier molecular flexibility index (Phi) is 5.06. The number of halogens is 1. The minimum atomic E-state index is -0.326. The molecule has 3 rings (SSSR count). The molecule has 1 heterocycles. The lowest BCUT2D eigenvalue weighted by Crippen LogP contribution is -2.49. The van der Waals surface area contributed by atoms with Crippen LogP contribution in [0.15, 0.2) is 18.2 Å². The minimum absolute atomic E-state index is 0.0196. The Hall–Kier alpha value is -1.75. The van der Waals surface area contributed by atoms with E-state index in [9.17, 15) is 9.59 Å². The number of hydrazine groups is 1. The van der Waals surface area contributed by atoms with Gasteiger partial charge in [0.1, 0.15) is 12.4 Å². The molecule has 6 heteroatoms. The van der Waals surface area contributed by atoms with Crippen molar-refractivity contribution in [2.75, 3.05) is 6.61 Å². The minimum Gasteiger partial charge on any atom is -0.492 e. The second kappa shape index (κ2) is 7.21. The van der Waals surface area contributed by atoms with Gasteiger partial charge in [-0.05, 0) is 43.0 Å². The van der Waals surface area contributed by atoms with Gasteiger partial charge in [-0.3, -0.25) is 20.4 Å². The molecule has 1 atom stereocenters. The van der Waals surface area contributed by atoms with Crippen LogP contribution in [-0.2, 0) is 16.0 Å². The summed E-state index contributed by atoms with van der Waals surface area (Å²) in [7, 11) is 0. The molecule has 2 N–H and O–H groups in total. The maximum Gasteiger partial charge on any atom is 0.245 e. The number of nitrogens with one attached hydrogen (secondary N) is 2. The monoisotopic (exact) mass is 336 g/mol. The van der Waals surface area contributed by atoms with Gasteiger partial charge in [0, 0.05) is 10.9 Å². The van der Waals surface area contributed by atoms with Crippen molar-refractivity contribution in [1.82, 2.24) is 10.9 Å². The maximum atomic E-state index is 12.2. The normalized spacial score (nSPS) is 21.0. The molecule has 0 bridgehead atoms. The standard InChI is InChI=1S/C17H21ClN2O3/c18-14-6-7-15-12(9-14)8-13(10-23-15)17(22)20-19-16(21)11-4-2-1-3-5-11/h6-7,9,11,13H,1-5,8,10H2,(H,19,21)(H,20,22)/t13-/m0/s1. The number of rotatable bonds is 2. The summed E-state index contributed by atoms with van der Waals surface area (Å²) in [4.78, 5) is 24.3. The predicted molar refractivity (Wildman–Crippen MR) is 87.0 cm³/mol. The van der Waals surface area contributed by atoms with Gasteiger partial charge in [-0.25, -0.2) is 0 Å². The van der Waals surface area contributed by atoms with Gasteiger partial charge in [0.25, 0.3) is 0 Å². The van der Waals surface area contributed by atoms with E-state index in [0.717, 1.165) is 37.0 Å². The first-order valence-corrected chi connectivity index (χ1v) is 8.52. The molecule has 2 aliphatic rings. The lowest BCUT2D eigenvalue weighted by Gasteiger charge is -2.25. The molecule has 23 heavy (non-hydrogen) atoms. The van der Waals surface area contributed by atoms with Gasteiger partial charge in [0.05, 0.1) is 5.92 Å². The van der Waals surface area contributed by atoms with Crippen LogP contribution in [0.1, 0.15) is 37.7 Å². The van der Waals surface area contributed by atoms with Crippen molar-refractivity contribution >= 4 is 23.4 Å². The number of amides is 2. The van der Waals surface area contributed by atoms with Crippen LogP contribution < -0.4 is 15.6 Å². The van der Waals surface area contributed by atoms with Gasteiger partial charge >= 0.3 is 0 Å². The number of benzene rings is 1. The van der Waals surface area contributed by atoms with Crippen LogP contribution in [-0.4, -0.2) is 18.4 Å². The first-order valence-electron chi connectivity index (χ1n) is 8.14. The zero-order valence-corrected chi connectivity index (χ0v) is 13.7. The molecule has 0 unspecified atom stereocenters. The van der Waals surface area contributed by atoms with Gasteiger partial charge in [0.15, 0.2) is 0 Å². The largest absolute Gasteiger partial charge is 0.492 e. The highest BCUT2D eigenvalue weighted by Crippen LogP contribution is 2.29. The van der Waals surface area contributed by atoms with E-state index in [0.29, 0.717) is 18.1 Å². The SMILES string of the molecule is O=C(NNC(=O)[C@@H]1COc2ccc(Cl)cc2C1)C1CCCCC1. The Morgan fingerprint density at radius 2 is 1.74 bits per heavy atom. The highest BCUT2D eigenvalue weighted by molar-refractivity contribution is 6.30. The Bertz CT molecular complexity index is 600. The number of carbonyl (C=O) groups excluding carboxylic acids is 2. The van der Waals surface area contributed by atoms with Crippen LogP contribution in [0.5, 0.6) is 5.75 Å². The molecule has 1 saturated carbocycles. The van der Waals surface area contributed by atoms with Crippen molar-refractivity contribution in [3.8, 4) is 5.75 Å². The third-order valence-electron chi connectivity index (χ3n) is 4.58. The zero-order chi connectivity index (χ0) is 16.2. The molecule has 0 radical (unpaired) electrons. The Morgan fingerprint density at radius 3 is 2.48 bits per heavy atom.